The van der Waals surface area contributed by atoms with Crippen LogP contribution in [0.4, 0.5) is 0 Å². The van der Waals surface area contributed by atoms with Crippen molar-refractivity contribution in [2.24, 2.45) is 5.92 Å². The standard InChI is InChI=1S/C18H18ClNO/c19-15-8-6-13(7-9-15)10-11-20-18(21)17-12-16(17)14-4-2-1-3-5-14/h1-9,16-17H,10-12H2,(H,20,21). The predicted molar refractivity (Wildman–Crippen MR) is 85.5 cm³/mol. The number of carbonyl (C=O) groups excluding carboxylic acids is 1. The number of carbonyl (C=O) groups is 1. The Morgan fingerprint density at radius 2 is 1.81 bits per heavy atom. The SMILES string of the molecule is O=C(NCCc1ccc(Cl)cc1)C1CC1c1ccccc1. The van der Waals surface area contributed by atoms with E-state index in [4.69, 9.17) is 11.6 Å². The highest BCUT2D eigenvalue weighted by atomic mass is 35.5. The number of rotatable bonds is 5. The fourth-order valence-corrected chi connectivity index (χ4v) is 2.79. The van der Waals surface area contributed by atoms with Gasteiger partial charge in [0.05, 0.1) is 0 Å². The third-order valence-corrected chi connectivity index (χ3v) is 4.23. The third-order valence-electron chi connectivity index (χ3n) is 3.98. The Morgan fingerprint density at radius 3 is 2.52 bits per heavy atom. The van der Waals surface area contributed by atoms with Gasteiger partial charge in [0.25, 0.3) is 0 Å². The van der Waals surface area contributed by atoms with E-state index in [9.17, 15) is 4.79 Å². The Hall–Kier alpha value is -1.80. The quantitative estimate of drug-likeness (QED) is 0.894. The summed E-state index contributed by atoms with van der Waals surface area (Å²) in [6, 6.07) is 18.0. The van der Waals surface area contributed by atoms with E-state index in [-0.39, 0.29) is 11.8 Å². The molecule has 2 aromatic carbocycles. The topological polar surface area (TPSA) is 29.1 Å². The second-order valence-corrected chi connectivity index (χ2v) is 5.96. The Morgan fingerprint density at radius 1 is 1.10 bits per heavy atom. The van der Waals surface area contributed by atoms with E-state index in [1.807, 2.05) is 42.5 Å². The van der Waals surface area contributed by atoms with Crippen molar-refractivity contribution in [3.63, 3.8) is 0 Å². The van der Waals surface area contributed by atoms with E-state index < -0.39 is 0 Å². The van der Waals surface area contributed by atoms with Crippen molar-refractivity contribution >= 4 is 17.5 Å². The lowest BCUT2D eigenvalue weighted by Crippen LogP contribution is -2.27. The summed E-state index contributed by atoms with van der Waals surface area (Å²) in [6.45, 7) is 0.679. The van der Waals surface area contributed by atoms with Gasteiger partial charge < -0.3 is 5.32 Å². The van der Waals surface area contributed by atoms with Crippen molar-refractivity contribution in [2.45, 2.75) is 18.8 Å². The van der Waals surface area contributed by atoms with Crippen LogP contribution in [0.15, 0.2) is 54.6 Å². The van der Waals surface area contributed by atoms with E-state index in [0.717, 1.165) is 17.9 Å². The first-order valence-corrected chi connectivity index (χ1v) is 7.69. The minimum absolute atomic E-state index is 0.151. The molecule has 2 unspecified atom stereocenters. The average molecular weight is 300 g/mol. The van der Waals surface area contributed by atoms with Crippen LogP contribution in [-0.2, 0) is 11.2 Å². The molecule has 1 amide bonds. The predicted octanol–water partition coefficient (Wildman–Crippen LogP) is 3.80. The Bertz CT molecular complexity index is 609. The fourth-order valence-electron chi connectivity index (χ4n) is 2.67. The van der Waals surface area contributed by atoms with Gasteiger partial charge in [-0.05, 0) is 42.0 Å². The van der Waals surface area contributed by atoms with Crippen LogP contribution in [0.2, 0.25) is 5.02 Å². The highest BCUT2D eigenvalue weighted by molar-refractivity contribution is 6.30. The van der Waals surface area contributed by atoms with Crippen LogP contribution in [0.5, 0.6) is 0 Å². The molecule has 1 aliphatic carbocycles. The molecule has 3 rings (SSSR count). The summed E-state index contributed by atoms with van der Waals surface area (Å²) >= 11 is 5.85. The first kappa shape index (κ1) is 14.2. The minimum atomic E-state index is 0.151. The Labute approximate surface area is 130 Å². The molecule has 0 spiro atoms. The Balaban J connectivity index is 1.45. The largest absolute Gasteiger partial charge is 0.356 e. The molecular formula is C18H18ClNO. The van der Waals surface area contributed by atoms with Crippen molar-refractivity contribution in [1.29, 1.82) is 0 Å². The van der Waals surface area contributed by atoms with Gasteiger partial charge in [-0.25, -0.2) is 0 Å². The molecule has 0 bridgehead atoms. The van der Waals surface area contributed by atoms with Crippen LogP contribution in [0.3, 0.4) is 0 Å². The van der Waals surface area contributed by atoms with Crippen LogP contribution >= 0.6 is 11.6 Å². The van der Waals surface area contributed by atoms with E-state index >= 15 is 0 Å². The van der Waals surface area contributed by atoms with Gasteiger partial charge in [-0.2, -0.15) is 0 Å². The molecule has 108 valence electrons. The molecular weight excluding hydrogens is 282 g/mol. The number of amides is 1. The molecule has 0 aromatic heterocycles. The molecule has 1 fully saturated rings. The molecule has 2 nitrogen and oxygen atoms in total. The monoisotopic (exact) mass is 299 g/mol. The van der Waals surface area contributed by atoms with Crippen molar-refractivity contribution in [1.82, 2.24) is 5.32 Å². The van der Waals surface area contributed by atoms with Crippen molar-refractivity contribution in [2.75, 3.05) is 6.54 Å². The van der Waals surface area contributed by atoms with Crippen molar-refractivity contribution in [3.8, 4) is 0 Å². The second-order valence-electron chi connectivity index (χ2n) is 5.53. The van der Waals surface area contributed by atoms with Crippen LogP contribution in [0.1, 0.15) is 23.5 Å². The third kappa shape index (κ3) is 3.64. The van der Waals surface area contributed by atoms with E-state index in [1.54, 1.807) is 0 Å². The lowest BCUT2D eigenvalue weighted by atomic mass is 10.1. The average Bonchev–Trinajstić information content (AvgIpc) is 3.31. The minimum Gasteiger partial charge on any atom is -0.356 e. The maximum atomic E-state index is 12.1. The molecule has 21 heavy (non-hydrogen) atoms. The van der Waals surface area contributed by atoms with Gasteiger partial charge in [0.15, 0.2) is 0 Å². The molecule has 0 aliphatic heterocycles. The molecule has 0 heterocycles. The van der Waals surface area contributed by atoms with Crippen LogP contribution in [0, 0.1) is 5.92 Å². The van der Waals surface area contributed by atoms with Gasteiger partial charge in [-0.15, -0.1) is 0 Å². The van der Waals surface area contributed by atoms with Gasteiger partial charge in [0.2, 0.25) is 5.91 Å². The highest BCUT2D eigenvalue weighted by Gasteiger charge is 2.43. The maximum absolute atomic E-state index is 12.1. The summed E-state index contributed by atoms with van der Waals surface area (Å²) in [7, 11) is 0. The second kappa shape index (κ2) is 6.31. The highest BCUT2D eigenvalue weighted by Crippen LogP contribution is 2.47. The zero-order chi connectivity index (χ0) is 14.7. The van der Waals surface area contributed by atoms with Gasteiger partial charge >= 0.3 is 0 Å². The lowest BCUT2D eigenvalue weighted by Gasteiger charge is -2.05. The van der Waals surface area contributed by atoms with Crippen LogP contribution in [0.25, 0.3) is 0 Å². The number of hydrogen-bond donors (Lipinski definition) is 1. The maximum Gasteiger partial charge on any atom is 0.223 e. The summed E-state index contributed by atoms with van der Waals surface area (Å²) in [5.41, 5.74) is 2.46. The summed E-state index contributed by atoms with van der Waals surface area (Å²) in [4.78, 5) is 12.1. The summed E-state index contributed by atoms with van der Waals surface area (Å²) < 4.78 is 0. The molecule has 2 aromatic rings. The number of benzene rings is 2. The van der Waals surface area contributed by atoms with Crippen LogP contribution in [-0.4, -0.2) is 12.5 Å². The van der Waals surface area contributed by atoms with E-state index in [2.05, 4.69) is 17.4 Å². The molecule has 0 radical (unpaired) electrons. The zero-order valence-corrected chi connectivity index (χ0v) is 12.5. The van der Waals surface area contributed by atoms with Crippen LogP contribution < -0.4 is 5.32 Å². The van der Waals surface area contributed by atoms with Crippen molar-refractivity contribution in [3.05, 3.63) is 70.7 Å². The zero-order valence-electron chi connectivity index (χ0n) is 11.8. The molecule has 1 aliphatic rings. The first-order valence-electron chi connectivity index (χ1n) is 7.31. The normalized spacial score (nSPS) is 20.0. The molecule has 0 saturated heterocycles. The summed E-state index contributed by atoms with van der Waals surface area (Å²) in [5, 5.41) is 3.78. The molecule has 1 saturated carbocycles. The van der Waals surface area contributed by atoms with Gasteiger partial charge in [-0.3, -0.25) is 4.79 Å². The number of hydrogen-bond acceptors (Lipinski definition) is 1. The molecule has 3 heteroatoms. The van der Waals surface area contributed by atoms with E-state index in [0.29, 0.717) is 12.5 Å². The fraction of sp³-hybridized carbons (Fsp3) is 0.278. The first-order chi connectivity index (χ1) is 10.2. The Kier molecular flexibility index (Phi) is 4.26. The molecule has 1 N–H and O–H groups in total. The van der Waals surface area contributed by atoms with Gasteiger partial charge in [-0.1, -0.05) is 54.1 Å². The molecule has 2 atom stereocenters. The summed E-state index contributed by atoms with van der Waals surface area (Å²) in [6.07, 6.45) is 1.81. The number of halogens is 1. The van der Waals surface area contributed by atoms with Crippen molar-refractivity contribution < 1.29 is 4.79 Å². The number of nitrogens with one attached hydrogen (secondary N) is 1. The smallest absolute Gasteiger partial charge is 0.223 e. The lowest BCUT2D eigenvalue weighted by molar-refractivity contribution is -0.122. The van der Waals surface area contributed by atoms with E-state index in [1.165, 1.54) is 11.1 Å². The van der Waals surface area contributed by atoms with Gasteiger partial charge in [0, 0.05) is 17.5 Å². The summed E-state index contributed by atoms with van der Waals surface area (Å²) in [5.74, 6) is 0.733. The van der Waals surface area contributed by atoms with Gasteiger partial charge in [0.1, 0.15) is 0 Å².